The van der Waals surface area contributed by atoms with E-state index in [4.69, 9.17) is 15.2 Å². The van der Waals surface area contributed by atoms with E-state index in [1.165, 1.54) is 9.47 Å². The molecule has 176 valence electrons. The molecule has 2 rings (SSSR count). The lowest BCUT2D eigenvalue weighted by atomic mass is 10.1. The summed E-state index contributed by atoms with van der Waals surface area (Å²) < 4.78 is 11.9. The van der Waals surface area contributed by atoms with Crippen LogP contribution < -0.4 is 31.4 Å². The van der Waals surface area contributed by atoms with Crippen molar-refractivity contribution < 1.29 is 14.3 Å². The fraction of sp³-hybridized carbons (Fsp3) is 0.522. The van der Waals surface area contributed by atoms with Crippen molar-refractivity contribution in [3.05, 3.63) is 44.6 Å². The second kappa shape index (κ2) is 12.0. The first-order valence-corrected chi connectivity index (χ1v) is 11.0. The van der Waals surface area contributed by atoms with Gasteiger partial charge in [0.2, 0.25) is 5.91 Å². The SMILES string of the molecule is CCCCN(C(=O)CCc1ccc(OC)c(OC)c1)c1c(N)n(CCCC)c(=O)[nH]c1=O. The number of aromatic amines is 1. The average Bonchev–Trinajstić information content (AvgIpc) is 2.79. The molecular weight excluding hydrogens is 412 g/mol. The van der Waals surface area contributed by atoms with Gasteiger partial charge < -0.3 is 20.1 Å². The number of aromatic nitrogens is 2. The summed E-state index contributed by atoms with van der Waals surface area (Å²) in [6.45, 7) is 4.73. The summed E-state index contributed by atoms with van der Waals surface area (Å²) in [4.78, 5) is 41.8. The quantitative estimate of drug-likeness (QED) is 0.517. The molecule has 0 radical (unpaired) electrons. The topological polar surface area (TPSA) is 120 Å². The molecule has 2 aromatic rings. The van der Waals surface area contributed by atoms with E-state index >= 15 is 0 Å². The van der Waals surface area contributed by atoms with E-state index in [-0.39, 0.29) is 23.8 Å². The van der Waals surface area contributed by atoms with E-state index in [1.54, 1.807) is 20.3 Å². The number of ether oxygens (including phenoxy) is 2. The number of anilines is 2. The Hall–Kier alpha value is -3.23. The molecule has 0 bridgehead atoms. The number of benzene rings is 1. The number of nitrogens with zero attached hydrogens (tertiary/aromatic N) is 2. The lowest BCUT2D eigenvalue weighted by molar-refractivity contribution is -0.118. The van der Waals surface area contributed by atoms with Gasteiger partial charge in [-0.25, -0.2) is 4.79 Å². The molecule has 1 amide bonds. The van der Waals surface area contributed by atoms with Crippen LogP contribution in [-0.4, -0.2) is 36.2 Å². The average molecular weight is 447 g/mol. The number of carbonyl (C=O) groups is 1. The Bertz CT molecular complexity index is 1030. The van der Waals surface area contributed by atoms with Gasteiger partial charge in [-0.05, 0) is 37.0 Å². The van der Waals surface area contributed by atoms with Crippen LogP contribution in [0, 0.1) is 0 Å². The lowest BCUT2D eigenvalue weighted by Crippen LogP contribution is -2.41. The molecule has 0 spiro atoms. The van der Waals surface area contributed by atoms with Crippen LogP contribution >= 0.6 is 0 Å². The first-order valence-electron chi connectivity index (χ1n) is 11.0. The molecule has 1 aromatic heterocycles. The number of aryl methyl sites for hydroxylation is 1. The third-order valence-electron chi connectivity index (χ3n) is 5.33. The largest absolute Gasteiger partial charge is 0.493 e. The standard InChI is InChI=1S/C23H34N4O5/c1-5-7-13-26(20-21(24)27(14-8-6-2)23(30)25-22(20)29)19(28)12-10-16-9-11-17(31-3)18(15-16)32-4/h9,11,15H,5-8,10,12-14,24H2,1-4H3,(H,25,29,30). The highest BCUT2D eigenvalue weighted by Crippen LogP contribution is 2.28. The van der Waals surface area contributed by atoms with Crippen LogP contribution in [0.15, 0.2) is 27.8 Å². The van der Waals surface area contributed by atoms with Gasteiger partial charge in [-0.1, -0.05) is 32.8 Å². The monoisotopic (exact) mass is 446 g/mol. The van der Waals surface area contributed by atoms with Crippen LogP contribution in [0.1, 0.15) is 51.5 Å². The van der Waals surface area contributed by atoms with Crippen molar-refractivity contribution in [1.82, 2.24) is 9.55 Å². The molecule has 0 saturated carbocycles. The Kier molecular flexibility index (Phi) is 9.37. The van der Waals surface area contributed by atoms with Crippen LogP contribution in [0.3, 0.4) is 0 Å². The highest BCUT2D eigenvalue weighted by molar-refractivity contribution is 5.95. The summed E-state index contributed by atoms with van der Waals surface area (Å²) in [5.74, 6) is 0.999. The van der Waals surface area contributed by atoms with Crippen molar-refractivity contribution in [2.24, 2.45) is 0 Å². The maximum Gasteiger partial charge on any atom is 0.330 e. The first-order chi connectivity index (χ1) is 15.4. The minimum atomic E-state index is -0.643. The predicted octanol–water partition coefficient (Wildman–Crippen LogP) is 2.70. The summed E-state index contributed by atoms with van der Waals surface area (Å²) >= 11 is 0. The highest BCUT2D eigenvalue weighted by Gasteiger charge is 2.23. The molecule has 3 N–H and O–H groups in total. The Morgan fingerprint density at radius 1 is 1.09 bits per heavy atom. The van der Waals surface area contributed by atoms with Gasteiger partial charge in [0.1, 0.15) is 5.82 Å². The van der Waals surface area contributed by atoms with Gasteiger partial charge >= 0.3 is 5.69 Å². The maximum atomic E-state index is 13.2. The van der Waals surface area contributed by atoms with Crippen molar-refractivity contribution >= 4 is 17.4 Å². The third kappa shape index (κ3) is 5.93. The van der Waals surface area contributed by atoms with Gasteiger partial charge in [-0.15, -0.1) is 0 Å². The molecule has 9 heteroatoms. The molecule has 1 heterocycles. The number of nitrogens with one attached hydrogen (secondary N) is 1. The lowest BCUT2D eigenvalue weighted by Gasteiger charge is -2.24. The van der Waals surface area contributed by atoms with Crippen LogP contribution in [0.25, 0.3) is 0 Å². The van der Waals surface area contributed by atoms with E-state index < -0.39 is 11.2 Å². The Morgan fingerprint density at radius 3 is 2.41 bits per heavy atom. The molecule has 0 aliphatic rings. The normalized spacial score (nSPS) is 10.8. The summed E-state index contributed by atoms with van der Waals surface area (Å²) in [6, 6.07) is 5.49. The zero-order valence-corrected chi connectivity index (χ0v) is 19.4. The fourth-order valence-electron chi connectivity index (χ4n) is 3.48. The number of hydrogen-bond acceptors (Lipinski definition) is 6. The van der Waals surface area contributed by atoms with Crippen molar-refractivity contribution in [2.75, 3.05) is 31.4 Å². The zero-order chi connectivity index (χ0) is 23.7. The van der Waals surface area contributed by atoms with Crippen molar-refractivity contribution in [1.29, 1.82) is 0 Å². The number of H-pyrrole nitrogens is 1. The molecule has 0 fully saturated rings. The number of unbranched alkanes of at least 4 members (excludes halogenated alkanes) is 2. The van der Waals surface area contributed by atoms with Crippen LogP contribution in [0.4, 0.5) is 11.5 Å². The number of amides is 1. The number of methoxy groups -OCH3 is 2. The highest BCUT2D eigenvalue weighted by atomic mass is 16.5. The van der Waals surface area contributed by atoms with Gasteiger partial charge in [0.15, 0.2) is 17.2 Å². The first kappa shape index (κ1) is 25.0. The number of nitrogen functional groups attached to an aromatic ring is 1. The molecular formula is C23H34N4O5. The van der Waals surface area contributed by atoms with E-state index in [0.717, 1.165) is 24.8 Å². The summed E-state index contributed by atoms with van der Waals surface area (Å²) in [7, 11) is 3.12. The maximum absolute atomic E-state index is 13.2. The Labute approximate surface area is 188 Å². The minimum Gasteiger partial charge on any atom is -0.493 e. The number of hydrogen-bond donors (Lipinski definition) is 2. The van der Waals surface area contributed by atoms with Crippen LogP contribution in [0.5, 0.6) is 11.5 Å². The second-order valence-electron chi connectivity index (χ2n) is 7.59. The molecule has 9 nitrogen and oxygen atoms in total. The van der Waals surface area contributed by atoms with E-state index in [0.29, 0.717) is 37.4 Å². The van der Waals surface area contributed by atoms with Gasteiger partial charge in [0.05, 0.1) is 14.2 Å². The number of rotatable bonds is 12. The van der Waals surface area contributed by atoms with Crippen LogP contribution in [-0.2, 0) is 17.8 Å². The molecule has 0 atom stereocenters. The minimum absolute atomic E-state index is 0.0303. The number of carbonyl (C=O) groups excluding carboxylic acids is 1. The van der Waals surface area contributed by atoms with E-state index in [9.17, 15) is 14.4 Å². The Balaban J connectivity index is 2.33. The molecule has 0 aliphatic carbocycles. The molecule has 0 saturated heterocycles. The van der Waals surface area contributed by atoms with Gasteiger partial charge in [-0.3, -0.25) is 19.1 Å². The van der Waals surface area contributed by atoms with E-state index in [2.05, 4.69) is 4.98 Å². The third-order valence-corrected chi connectivity index (χ3v) is 5.33. The van der Waals surface area contributed by atoms with Crippen molar-refractivity contribution in [2.45, 2.75) is 58.9 Å². The summed E-state index contributed by atoms with van der Waals surface area (Å²) in [5.41, 5.74) is 5.98. The summed E-state index contributed by atoms with van der Waals surface area (Å²) in [5, 5.41) is 0. The second-order valence-corrected chi connectivity index (χ2v) is 7.59. The number of nitrogens with two attached hydrogens (primary N) is 1. The molecule has 1 aromatic carbocycles. The predicted molar refractivity (Wildman–Crippen MR) is 126 cm³/mol. The van der Waals surface area contributed by atoms with E-state index in [1.807, 2.05) is 26.0 Å². The van der Waals surface area contributed by atoms with Crippen molar-refractivity contribution in [3.8, 4) is 11.5 Å². The summed E-state index contributed by atoms with van der Waals surface area (Å²) in [6.07, 6.45) is 3.77. The molecule has 0 unspecified atom stereocenters. The molecule has 32 heavy (non-hydrogen) atoms. The van der Waals surface area contributed by atoms with Gasteiger partial charge in [0.25, 0.3) is 5.56 Å². The Morgan fingerprint density at radius 2 is 1.78 bits per heavy atom. The zero-order valence-electron chi connectivity index (χ0n) is 19.4. The van der Waals surface area contributed by atoms with Gasteiger partial charge in [0, 0.05) is 19.5 Å². The van der Waals surface area contributed by atoms with Gasteiger partial charge in [-0.2, -0.15) is 0 Å². The fourth-order valence-corrected chi connectivity index (χ4v) is 3.48. The van der Waals surface area contributed by atoms with Crippen molar-refractivity contribution in [3.63, 3.8) is 0 Å². The van der Waals surface area contributed by atoms with Crippen LogP contribution in [0.2, 0.25) is 0 Å². The molecule has 0 aliphatic heterocycles. The smallest absolute Gasteiger partial charge is 0.330 e.